The molecule has 0 saturated heterocycles. The number of nitrogens with two attached hydrogens (primary N) is 1. The van der Waals surface area contributed by atoms with Crippen LogP contribution in [-0.2, 0) is 0 Å². The van der Waals surface area contributed by atoms with Gasteiger partial charge in [0.15, 0.2) is 0 Å². The number of halogens is 1. The van der Waals surface area contributed by atoms with E-state index < -0.39 is 11.9 Å². The summed E-state index contributed by atoms with van der Waals surface area (Å²) >= 11 is 3.65. The van der Waals surface area contributed by atoms with Gasteiger partial charge >= 0.3 is 0 Å². The average Bonchev–Trinajstić information content (AvgIpc) is 3.61. The summed E-state index contributed by atoms with van der Waals surface area (Å²) in [5.74, 6) is -0.500. The second-order valence-electron chi connectivity index (χ2n) is 10.8. The Balaban J connectivity index is 1.62. The molecule has 0 radical (unpaired) electrons. The number of rotatable bonds is 8. The number of fused-ring (bicyclic) bond motifs is 1. The molecule has 0 spiro atoms. The molecule has 1 aliphatic rings. The van der Waals surface area contributed by atoms with Crippen molar-refractivity contribution in [2.45, 2.75) is 45.7 Å². The SMILES string of the molecule is CC(C)(C)CNc1c(C#N)cnc2c(N[C@@H](c3cccc(C(N)=O)c3)c3cn(C4CC4)nn3)cc(Br)cc12. The number of hydrogen-bond donors (Lipinski definition) is 3. The number of amides is 1. The number of nitrogens with zero attached hydrogens (tertiary/aromatic N) is 5. The summed E-state index contributed by atoms with van der Waals surface area (Å²) in [4.78, 5) is 16.6. The van der Waals surface area contributed by atoms with E-state index in [0.29, 0.717) is 34.9 Å². The van der Waals surface area contributed by atoms with Gasteiger partial charge in [0.25, 0.3) is 0 Å². The van der Waals surface area contributed by atoms with Crippen LogP contribution in [0.15, 0.2) is 53.3 Å². The topological polar surface area (TPSA) is 135 Å². The van der Waals surface area contributed by atoms with Crippen molar-refractivity contribution >= 4 is 44.1 Å². The lowest BCUT2D eigenvalue weighted by Gasteiger charge is -2.23. The van der Waals surface area contributed by atoms with Gasteiger partial charge in [-0.25, -0.2) is 4.68 Å². The number of carbonyl (C=O) groups is 1. The van der Waals surface area contributed by atoms with Crippen LogP contribution in [0, 0.1) is 16.7 Å². The van der Waals surface area contributed by atoms with Gasteiger partial charge in [-0.05, 0) is 48.1 Å². The predicted octanol–water partition coefficient (Wildman–Crippen LogP) is 5.55. The number of carbonyl (C=O) groups excluding carboxylic acids is 1. The van der Waals surface area contributed by atoms with Crippen molar-refractivity contribution in [2.24, 2.45) is 11.1 Å². The minimum absolute atomic E-state index is 0.0132. The summed E-state index contributed by atoms with van der Waals surface area (Å²) in [7, 11) is 0. The van der Waals surface area contributed by atoms with Crippen molar-refractivity contribution in [3.05, 3.63) is 75.6 Å². The smallest absolute Gasteiger partial charge is 0.248 e. The Morgan fingerprint density at radius 2 is 2.08 bits per heavy atom. The van der Waals surface area contributed by atoms with E-state index in [1.807, 2.05) is 29.1 Å². The summed E-state index contributed by atoms with van der Waals surface area (Å²) in [5.41, 5.74) is 10.2. The van der Waals surface area contributed by atoms with Gasteiger partial charge in [-0.2, -0.15) is 5.26 Å². The first kappa shape index (κ1) is 25.7. The molecule has 1 amide bonds. The highest BCUT2D eigenvalue weighted by atomic mass is 79.9. The van der Waals surface area contributed by atoms with Crippen LogP contribution in [0.25, 0.3) is 10.9 Å². The number of nitriles is 1. The van der Waals surface area contributed by atoms with Crippen LogP contribution < -0.4 is 16.4 Å². The highest BCUT2D eigenvalue weighted by molar-refractivity contribution is 9.10. The Hall–Kier alpha value is -3.97. The van der Waals surface area contributed by atoms with E-state index in [1.165, 1.54) is 0 Å². The lowest BCUT2D eigenvalue weighted by molar-refractivity contribution is 0.1000. The molecule has 0 aliphatic heterocycles. The van der Waals surface area contributed by atoms with Crippen LogP contribution in [0.3, 0.4) is 0 Å². The lowest BCUT2D eigenvalue weighted by Crippen LogP contribution is -2.20. The van der Waals surface area contributed by atoms with Gasteiger partial charge in [0.05, 0.1) is 40.7 Å². The van der Waals surface area contributed by atoms with Crippen LogP contribution >= 0.6 is 15.9 Å². The molecule has 1 fully saturated rings. The van der Waals surface area contributed by atoms with E-state index in [0.717, 1.165) is 39.6 Å². The van der Waals surface area contributed by atoms with Crippen molar-refractivity contribution in [1.82, 2.24) is 20.0 Å². The number of aromatic nitrogens is 4. The molecule has 5 rings (SSSR count). The fourth-order valence-electron chi connectivity index (χ4n) is 4.30. The molecule has 9 nitrogen and oxygen atoms in total. The molecule has 4 N–H and O–H groups in total. The number of anilines is 2. The molecule has 38 heavy (non-hydrogen) atoms. The fraction of sp³-hybridized carbons (Fsp3) is 0.321. The van der Waals surface area contributed by atoms with E-state index >= 15 is 0 Å². The Morgan fingerprint density at radius 1 is 1.29 bits per heavy atom. The van der Waals surface area contributed by atoms with Crippen molar-refractivity contribution in [2.75, 3.05) is 17.2 Å². The van der Waals surface area contributed by atoms with Crippen LogP contribution in [0.1, 0.15) is 72.9 Å². The van der Waals surface area contributed by atoms with Gasteiger partial charge in [0.1, 0.15) is 11.8 Å². The summed E-state index contributed by atoms with van der Waals surface area (Å²) < 4.78 is 2.72. The second-order valence-corrected chi connectivity index (χ2v) is 11.8. The van der Waals surface area contributed by atoms with Gasteiger partial charge in [-0.1, -0.05) is 54.0 Å². The molecule has 0 bridgehead atoms. The fourth-order valence-corrected chi connectivity index (χ4v) is 4.76. The predicted molar refractivity (Wildman–Crippen MR) is 151 cm³/mol. The summed E-state index contributed by atoms with van der Waals surface area (Å²) in [5, 5.41) is 26.5. The van der Waals surface area contributed by atoms with E-state index in [-0.39, 0.29) is 5.41 Å². The first-order valence-corrected chi connectivity index (χ1v) is 13.3. The molecular weight excluding hydrogens is 544 g/mol. The summed E-state index contributed by atoms with van der Waals surface area (Å²) in [6.07, 6.45) is 5.72. The molecular formula is C28H29BrN8O. The highest BCUT2D eigenvalue weighted by Crippen LogP contribution is 2.38. The Morgan fingerprint density at radius 3 is 2.76 bits per heavy atom. The number of pyridine rings is 1. The normalized spacial score (nSPS) is 14.2. The third-order valence-electron chi connectivity index (χ3n) is 6.40. The first-order chi connectivity index (χ1) is 18.1. The third kappa shape index (κ3) is 5.48. The average molecular weight is 573 g/mol. The molecule has 1 atom stereocenters. The zero-order valence-electron chi connectivity index (χ0n) is 21.5. The van der Waals surface area contributed by atoms with Gasteiger partial charge in [0, 0.05) is 28.2 Å². The van der Waals surface area contributed by atoms with E-state index in [1.54, 1.807) is 24.4 Å². The van der Waals surface area contributed by atoms with E-state index in [4.69, 9.17) is 5.73 Å². The van der Waals surface area contributed by atoms with E-state index in [2.05, 4.69) is 68.7 Å². The summed E-state index contributed by atoms with van der Waals surface area (Å²) in [6, 6.07) is 13.3. The quantitative estimate of drug-likeness (QED) is 0.251. The first-order valence-electron chi connectivity index (χ1n) is 12.5. The van der Waals surface area contributed by atoms with Crippen molar-refractivity contribution in [1.29, 1.82) is 5.26 Å². The molecule has 2 aromatic heterocycles. The van der Waals surface area contributed by atoms with Gasteiger partial charge < -0.3 is 16.4 Å². The van der Waals surface area contributed by atoms with Crippen molar-refractivity contribution < 1.29 is 4.79 Å². The van der Waals surface area contributed by atoms with Gasteiger partial charge in [-0.3, -0.25) is 9.78 Å². The highest BCUT2D eigenvalue weighted by Gasteiger charge is 2.28. The minimum Gasteiger partial charge on any atom is -0.383 e. The molecule has 2 aromatic carbocycles. The van der Waals surface area contributed by atoms with Crippen LogP contribution in [0.4, 0.5) is 11.4 Å². The van der Waals surface area contributed by atoms with Gasteiger partial charge in [0.2, 0.25) is 5.91 Å². The third-order valence-corrected chi connectivity index (χ3v) is 6.86. The second kappa shape index (κ2) is 10.1. The molecule has 0 unspecified atom stereocenters. The van der Waals surface area contributed by atoms with Gasteiger partial charge in [-0.15, -0.1) is 5.10 Å². The minimum atomic E-state index is -0.500. The molecule has 4 aromatic rings. The van der Waals surface area contributed by atoms with E-state index in [9.17, 15) is 10.1 Å². The molecule has 1 aliphatic carbocycles. The van der Waals surface area contributed by atoms with Crippen LogP contribution in [0.2, 0.25) is 0 Å². The summed E-state index contributed by atoms with van der Waals surface area (Å²) in [6.45, 7) is 7.09. The number of primary amides is 1. The molecule has 194 valence electrons. The zero-order chi connectivity index (χ0) is 27.0. The maximum Gasteiger partial charge on any atom is 0.248 e. The number of benzene rings is 2. The van der Waals surface area contributed by atoms with Crippen molar-refractivity contribution in [3.63, 3.8) is 0 Å². The van der Waals surface area contributed by atoms with Crippen LogP contribution in [-0.4, -0.2) is 32.4 Å². The molecule has 1 saturated carbocycles. The van der Waals surface area contributed by atoms with Crippen LogP contribution in [0.5, 0.6) is 0 Å². The monoisotopic (exact) mass is 572 g/mol. The standard InChI is InChI=1S/C28H29BrN8O/c1-28(2,3)15-33-24-18(12-30)13-32-26-21(24)10-19(29)11-22(26)34-25(16-5-4-6-17(9-16)27(31)38)23-14-37(36-35-23)20-7-8-20/h4-6,9-11,13-14,20,25,34H,7-8,15H2,1-3H3,(H2,31,38)(H,32,33)/t25-/m0/s1. The zero-order valence-corrected chi connectivity index (χ0v) is 23.1. The molecule has 2 heterocycles. The maximum atomic E-state index is 11.9. The maximum absolute atomic E-state index is 11.9. The number of hydrogen-bond acceptors (Lipinski definition) is 7. The number of nitrogens with one attached hydrogen (secondary N) is 2. The molecule has 10 heteroatoms. The Bertz CT molecular complexity index is 1560. The Labute approximate surface area is 229 Å². The largest absolute Gasteiger partial charge is 0.383 e. The lowest BCUT2D eigenvalue weighted by atomic mass is 9.96. The van der Waals surface area contributed by atoms with Crippen molar-refractivity contribution in [3.8, 4) is 6.07 Å². The Kier molecular flexibility index (Phi) is 6.80.